The molecule has 0 saturated heterocycles. The molecule has 0 aromatic heterocycles. The molecule has 3 nitrogen and oxygen atoms in total. The molecule has 0 bridgehead atoms. The minimum atomic E-state index is 0.0584. The second-order valence-corrected chi connectivity index (χ2v) is 1.13. The Balaban J connectivity index is 3.57. The monoisotopic (exact) mass is 111 g/mol. The van der Waals surface area contributed by atoms with Gasteiger partial charge in [0.25, 0.3) is 0 Å². The standard InChI is InChI=1S/C5H9N3/c1-2-3-4-8-5(6)7/h2-4H,1H2,(H4,6,7,8)/b4-3-. The number of hydrogen-bond acceptors (Lipinski definition) is 1. The van der Waals surface area contributed by atoms with Crippen LogP contribution in [0.4, 0.5) is 0 Å². The van der Waals surface area contributed by atoms with E-state index in [4.69, 9.17) is 11.5 Å². The molecule has 4 N–H and O–H groups in total. The first-order valence-corrected chi connectivity index (χ1v) is 2.13. The molecule has 44 valence electrons. The lowest BCUT2D eigenvalue weighted by molar-refractivity contribution is 1.43. The fraction of sp³-hybridized carbons (Fsp3) is 0. The van der Waals surface area contributed by atoms with Crippen molar-refractivity contribution in [2.24, 2.45) is 16.5 Å². The van der Waals surface area contributed by atoms with Crippen molar-refractivity contribution in [1.82, 2.24) is 0 Å². The number of guanidine groups is 1. The second kappa shape index (κ2) is 3.92. The van der Waals surface area contributed by atoms with Gasteiger partial charge < -0.3 is 11.5 Å². The summed E-state index contributed by atoms with van der Waals surface area (Å²) in [5.74, 6) is 0.0584. The number of aliphatic imine (C=N–C) groups is 1. The van der Waals surface area contributed by atoms with Gasteiger partial charge in [0, 0.05) is 6.20 Å². The van der Waals surface area contributed by atoms with Crippen LogP contribution in [0.2, 0.25) is 0 Å². The number of rotatable bonds is 2. The molecule has 0 aliphatic carbocycles. The molecule has 0 aromatic carbocycles. The topological polar surface area (TPSA) is 64.4 Å². The molecule has 0 unspecified atom stereocenters. The SMILES string of the molecule is C=C/C=C\N=C(N)N. The van der Waals surface area contributed by atoms with Crippen LogP contribution in [0, 0.1) is 0 Å². The van der Waals surface area contributed by atoms with Gasteiger partial charge in [-0.25, -0.2) is 4.99 Å². The fourth-order valence-electron chi connectivity index (χ4n) is 0.190. The van der Waals surface area contributed by atoms with Crippen molar-refractivity contribution in [3.05, 3.63) is 24.9 Å². The lowest BCUT2D eigenvalue weighted by Crippen LogP contribution is -2.21. The molecular weight excluding hydrogens is 102 g/mol. The van der Waals surface area contributed by atoms with E-state index >= 15 is 0 Å². The van der Waals surface area contributed by atoms with E-state index in [9.17, 15) is 0 Å². The predicted molar refractivity (Wildman–Crippen MR) is 35.1 cm³/mol. The summed E-state index contributed by atoms with van der Waals surface area (Å²) in [6.45, 7) is 3.42. The summed E-state index contributed by atoms with van der Waals surface area (Å²) < 4.78 is 0. The molecule has 0 heterocycles. The normalized spacial score (nSPS) is 9.00. The maximum absolute atomic E-state index is 4.98. The molecule has 3 heteroatoms. The van der Waals surface area contributed by atoms with Crippen LogP contribution in [0.1, 0.15) is 0 Å². The van der Waals surface area contributed by atoms with Crippen molar-refractivity contribution in [2.45, 2.75) is 0 Å². The van der Waals surface area contributed by atoms with Crippen molar-refractivity contribution in [1.29, 1.82) is 0 Å². The smallest absolute Gasteiger partial charge is 0.190 e. The summed E-state index contributed by atoms with van der Waals surface area (Å²) in [4.78, 5) is 3.53. The summed E-state index contributed by atoms with van der Waals surface area (Å²) in [6, 6.07) is 0. The fourth-order valence-corrected chi connectivity index (χ4v) is 0.190. The van der Waals surface area contributed by atoms with E-state index in [1.165, 1.54) is 6.20 Å². The van der Waals surface area contributed by atoms with Gasteiger partial charge in [-0.3, -0.25) is 0 Å². The van der Waals surface area contributed by atoms with E-state index in [-0.39, 0.29) is 5.96 Å². The van der Waals surface area contributed by atoms with Gasteiger partial charge in [0.2, 0.25) is 0 Å². The van der Waals surface area contributed by atoms with Crippen LogP contribution in [0.15, 0.2) is 29.9 Å². The highest BCUT2D eigenvalue weighted by atomic mass is 15.0. The Labute approximate surface area is 48.4 Å². The van der Waals surface area contributed by atoms with Crippen LogP contribution in [0.5, 0.6) is 0 Å². The molecule has 0 atom stereocenters. The average molecular weight is 111 g/mol. The van der Waals surface area contributed by atoms with Gasteiger partial charge in [-0.1, -0.05) is 12.7 Å². The Kier molecular flexibility index (Phi) is 3.31. The predicted octanol–water partition coefficient (Wildman–Crippen LogP) is -0.0405. The van der Waals surface area contributed by atoms with Gasteiger partial charge in [-0.15, -0.1) is 0 Å². The second-order valence-electron chi connectivity index (χ2n) is 1.13. The molecule has 0 aromatic rings. The number of nitrogens with two attached hydrogens (primary N) is 2. The van der Waals surface area contributed by atoms with Gasteiger partial charge >= 0.3 is 0 Å². The van der Waals surface area contributed by atoms with E-state index in [1.807, 2.05) is 0 Å². The van der Waals surface area contributed by atoms with Crippen LogP contribution >= 0.6 is 0 Å². The lowest BCUT2D eigenvalue weighted by Gasteiger charge is -1.80. The van der Waals surface area contributed by atoms with Crippen molar-refractivity contribution < 1.29 is 0 Å². The van der Waals surface area contributed by atoms with E-state index < -0.39 is 0 Å². The molecule has 0 aliphatic heterocycles. The zero-order chi connectivity index (χ0) is 6.41. The van der Waals surface area contributed by atoms with Gasteiger partial charge in [-0.2, -0.15) is 0 Å². The van der Waals surface area contributed by atoms with E-state index in [2.05, 4.69) is 11.6 Å². The minimum Gasteiger partial charge on any atom is -0.370 e. The summed E-state index contributed by atoms with van der Waals surface area (Å²) in [5, 5.41) is 0. The summed E-state index contributed by atoms with van der Waals surface area (Å²) in [7, 11) is 0. The summed E-state index contributed by atoms with van der Waals surface area (Å²) in [5.41, 5.74) is 9.95. The van der Waals surface area contributed by atoms with E-state index in [0.717, 1.165) is 0 Å². The molecule has 0 fully saturated rings. The van der Waals surface area contributed by atoms with Gasteiger partial charge in [0.15, 0.2) is 5.96 Å². The highest BCUT2D eigenvalue weighted by molar-refractivity contribution is 5.76. The Hall–Kier alpha value is -1.25. The first kappa shape index (κ1) is 6.75. The third-order valence-corrected chi connectivity index (χ3v) is 0.446. The highest BCUT2D eigenvalue weighted by Gasteiger charge is 1.67. The Bertz CT molecular complexity index is 120. The molecule has 0 spiro atoms. The van der Waals surface area contributed by atoms with Crippen LogP contribution in [-0.2, 0) is 0 Å². The van der Waals surface area contributed by atoms with Gasteiger partial charge in [-0.05, 0) is 6.08 Å². The zero-order valence-electron chi connectivity index (χ0n) is 4.54. The third-order valence-electron chi connectivity index (χ3n) is 0.446. The Morgan fingerprint density at radius 2 is 2.12 bits per heavy atom. The summed E-state index contributed by atoms with van der Waals surface area (Å²) >= 11 is 0. The highest BCUT2D eigenvalue weighted by Crippen LogP contribution is 1.71. The average Bonchev–Trinajstić information content (AvgIpc) is 1.66. The number of hydrogen-bond donors (Lipinski definition) is 2. The zero-order valence-corrected chi connectivity index (χ0v) is 4.54. The van der Waals surface area contributed by atoms with E-state index in [0.29, 0.717) is 0 Å². The first-order valence-electron chi connectivity index (χ1n) is 2.13. The number of allylic oxidation sites excluding steroid dienone is 2. The molecule has 0 radical (unpaired) electrons. The van der Waals surface area contributed by atoms with Crippen LogP contribution in [0.3, 0.4) is 0 Å². The van der Waals surface area contributed by atoms with Crippen molar-refractivity contribution >= 4 is 5.96 Å². The maximum Gasteiger partial charge on any atom is 0.190 e. The number of nitrogens with zero attached hydrogens (tertiary/aromatic N) is 1. The van der Waals surface area contributed by atoms with Crippen molar-refractivity contribution in [3.63, 3.8) is 0 Å². The maximum atomic E-state index is 4.98. The van der Waals surface area contributed by atoms with E-state index in [1.54, 1.807) is 12.2 Å². The molecule has 0 rings (SSSR count). The molecule has 8 heavy (non-hydrogen) atoms. The van der Waals surface area contributed by atoms with Gasteiger partial charge in [0.05, 0.1) is 0 Å². The Morgan fingerprint density at radius 1 is 1.50 bits per heavy atom. The molecule has 0 amide bonds. The minimum absolute atomic E-state index is 0.0584. The van der Waals surface area contributed by atoms with Crippen LogP contribution in [-0.4, -0.2) is 5.96 Å². The molecule has 0 aliphatic rings. The quantitative estimate of drug-likeness (QED) is 0.298. The van der Waals surface area contributed by atoms with Gasteiger partial charge in [0.1, 0.15) is 0 Å². The Morgan fingerprint density at radius 3 is 2.50 bits per heavy atom. The lowest BCUT2D eigenvalue weighted by atomic mass is 10.6. The first-order chi connectivity index (χ1) is 3.77. The molecular formula is C5H9N3. The van der Waals surface area contributed by atoms with Crippen molar-refractivity contribution in [3.8, 4) is 0 Å². The van der Waals surface area contributed by atoms with Crippen LogP contribution < -0.4 is 11.5 Å². The molecule has 0 saturated carbocycles. The van der Waals surface area contributed by atoms with Crippen LogP contribution in [0.25, 0.3) is 0 Å². The summed E-state index contributed by atoms with van der Waals surface area (Å²) in [6.07, 6.45) is 4.70. The van der Waals surface area contributed by atoms with Crippen molar-refractivity contribution in [2.75, 3.05) is 0 Å². The largest absolute Gasteiger partial charge is 0.370 e. The third kappa shape index (κ3) is 4.75.